The molecule has 1 aliphatic heterocycles. The number of aromatic nitrogens is 1. The third kappa shape index (κ3) is 6.22. The fourth-order valence-corrected chi connectivity index (χ4v) is 6.10. The van der Waals surface area contributed by atoms with E-state index in [-0.39, 0.29) is 17.7 Å². The number of esters is 1. The van der Waals surface area contributed by atoms with E-state index in [0.717, 1.165) is 11.1 Å². The largest absolute Gasteiger partial charge is 0.497 e. The van der Waals surface area contributed by atoms with E-state index in [1.54, 1.807) is 64.5 Å². The van der Waals surface area contributed by atoms with Crippen molar-refractivity contribution in [1.29, 1.82) is 0 Å². The zero-order valence-corrected chi connectivity index (χ0v) is 26.5. The van der Waals surface area contributed by atoms with Crippen LogP contribution in [0, 0.1) is 0 Å². The van der Waals surface area contributed by atoms with E-state index in [9.17, 15) is 9.59 Å². The van der Waals surface area contributed by atoms with Crippen LogP contribution in [0.15, 0.2) is 81.7 Å². The van der Waals surface area contributed by atoms with Crippen LogP contribution in [-0.4, -0.2) is 38.5 Å². The monoisotopic (exact) mass is 634 g/mol. The van der Waals surface area contributed by atoms with Crippen molar-refractivity contribution in [3.8, 4) is 23.0 Å². The van der Waals surface area contributed by atoms with E-state index >= 15 is 0 Å². The van der Waals surface area contributed by atoms with Gasteiger partial charge in [0.1, 0.15) is 24.1 Å². The van der Waals surface area contributed by atoms with Crippen molar-refractivity contribution in [2.24, 2.45) is 4.99 Å². The Morgan fingerprint density at radius 3 is 2.39 bits per heavy atom. The Hall–Kier alpha value is -4.54. The second kappa shape index (κ2) is 13.4. The number of carbonyl (C=O) groups is 1. The van der Waals surface area contributed by atoms with Gasteiger partial charge in [0.2, 0.25) is 0 Å². The van der Waals surface area contributed by atoms with Gasteiger partial charge in [0, 0.05) is 10.6 Å². The first kappa shape index (κ1) is 30.9. The Bertz CT molecular complexity index is 1910. The number of hydrogen-bond donors (Lipinski definition) is 0. The van der Waals surface area contributed by atoms with Crippen LogP contribution in [-0.2, 0) is 16.1 Å². The summed E-state index contributed by atoms with van der Waals surface area (Å²) >= 11 is 7.21. The van der Waals surface area contributed by atoms with Crippen LogP contribution in [0.3, 0.4) is 0 Å². The van der Waals surface area contributed by atoms with Gasteiger partial charge in [-0.25, -0.2) is 9.79 Å². The highest BCUT2D eigenvalue weighted by atomic mass is 35.5. The van der Waals surface area contributed by atoms with Crippen LogP contribution in [0.1, 0.15) is 36.6 Å². The number of hydrogen-bond acceptors (Lipinski definition) is 9. The van der Waals surface area contributed by atoms with Crippen molar-refractivity contribution >= 4 is 35.0 Å². The molecule has 228 valence electrons. The molecule has 2 heterocycles. The number of halogens is 1. The minimum absolute atomic E-state index is 0.170. The second-order valence-electron chi connectivity index (χ2n) is 9.74. The molecule has 0 radical (unpaired) electrons. The summed E-state index contributed by atoms with van der Waals surface area (Å²) in [5.41, 5.74) is 2.64. The van der Waals surface area contributed by atoms with E-state index in [2.05, 4.69) is 4.99 Å². The standard InChI is InChI=1S/C33H31ClN2O7S/c1-6-42-32(38)29-19(2)35-33-36(30(29)24-17-23(39-3)12-14-25(24)40-4)31(37)28(44-33)16-21-9-13-26(27(15-21)41-5)43-18-20-7-10-22(34)11-8-20/h7-17,30H,6,18H2,1-5H3/b28-16-. The first-order valence-electron chi connectivity index (χ1n) is 13.7. The fraction of sp³-hybridized carbons (Fsp3) is 0.242. The van der Waals surface area contributed by atoms with Crippen LogP contribution >= 0.6 is 22.9 Å². The summed E-state index contributed by atoms with van der Waals surface area (Å²) in [6.07, 6.45) is 1.76. The number of benzene rings is 3. The highest BCUT2D eigenvalue weighted by Gasteiger charge is 2.35. The van der Waals surface area contributed by atoms with Gasteiger partial charge < -0.3 is 23.7 Å². The van der Waals surface area contributed by atoms with Gasteiger partial charge in [-0.3, -0.25) is 9.36 Å². The van der Waals surface area contributed by atoms with Crippen LogP contribution in [0.2, 0.25) is 5.02 Å². The number of rotatable bonds is 10. The van der Waals surface area contributed by atoms with Crippen LogP contribution in [0.25, 0.3) is 6.08 Å². The predicted octanol–water partition coefficient (Wildman–Crippen LogP) is 5.06. The minimum Gasteiger partial charge on any atom is -0.497 e. The van der Waals surface area contributed by atoms with E-state index in [0.29, 0.717) is 55.2 Å². The number of thiazole rings is 1. The molecule has 0 spiro atoms. The first-order chi connectivity index (χ1) is 21.3. The average molecular weight is 635 g/mol. The molecule has 44 heavy (non-hydrogen) atoms. The van der Waals surface area contributed by atoms with Crippen LogP contribution < -0.4 is 33.8 Å². The van der Waals surface area contributed by atoms with Gasteiger partial charge >= 0.3 is 5.97 Å². The maximum atomic E-state index is 14.1. The molecule has 0 amide bonds. The third-order valence-electron chi connectivity index (χ3n) is 7.04. The summed E-state index contributed by atoms with van der Waals surface area (Å²) in [5.74, 6) is 1.55. The smallest absolute Gasteiger partial charge is 0.338 e. The summed E-state index contributed by atoms with van der Waals surface area (Å²) < 4.78 is 30.0. The summed E-state index contributed by atoms with van der Waals surface area (Å²) in [5, 5.41) is 0.655. The SMILES string of the molecule is CCOC(=O)C1=C(C)N=c2s/c(=C\c3ccc(OCc4ccc(Cl)cc4)c(OC)c3)c(=O)n2C1c1cc(OC)ccc1OC. The molecule has 3 aromatic carbocycles. The van der Waals surface area contributed by atoms with Gasteiger partial charge in [-0.15, -0.1) is 0 Å². The molecule has 1 unspecified atom stereocenters. The number of nitrogens with zero attached hydrogens (tertiary/aromatic N) is 2. The van der Waals surface area contributed by atoms with Gasteiger partial charge in [0.15, 0.2) is 16.3 Å². The Kier molecular flexibility index (Phi) is 9.41. The normalized spacial score (nSPS) is 14.5. The van der Waals surface area contributed by atoms with Crippen molar-refractivity contribution in [2.75, 3.05) is 27.9 Å². The van der Waals surface area contributed by atoms with Crippen LogP contribution in [0.4, 0.5) is 0 Å². The third-order valence-corrected chi connectivity index (χ3v) is 8.28. The van der Waals surface area contributed by atoms with Crippen molar-refractivity contribution < 1.29 is 28.5 Å². The van der Waals surface area contributed by atoms with Gasteiger partial charge in [-0.05, 0) is 73.5 Å². The maximum absolute atomic E-state index is 14.1. The molecule has 1 aromatic heterocycles. The molecule has 0 aliphatic carbocycles. The summed E-state index contributed by atoms with van der Waals surface area (Å²) in [7, 11) is 4.64. The second-order valence-corrected chi connectivity index (χ2v) is 11.2. The van der Waals surface area contributed by atoms with Crippen molar-refractivity contribution in [3.63, 3.8) is 0 Å². The number of methoxy groups -OCH3 is 3. The quantitative estimate of drug-likeness (QED) is 0.225. The lowest BCUT2D eigenvalue weighted by molar-refractivity contribution is -0.139. The first-order valence-corrected chi connectivity index (χ1v) is 14.9. The molecule has 9 nitrogen and oxygen atoms in total. The van der Waals surface area contributed by atoms with Crippen molar-refractivity contribution in [2.45, 2.75) is 26.5 Å². The summed E-state index contributed by atoms with van der Waals surface area (Å²) in [6, 6.07) is 17.2. The lowest BCUT2D eigenvalue weighted by atomic mass is 9.94. The van der Waals surface area contributed by atoms with Gasteiger partial charge in [0.05, 0.1) is 43.7 Å². The topological polar surface area (TPSA) is 97.6 Å². The minimum atomic E-state index is -0.851. The Labute approximate surface area is 263 Å². The highest BCUT2D eigenvalue weighted by molar-refractivity contribution is 7.07. The highest BCUT2D eigenvalue weighted by Crippen LogP contribution is 2.38. The maximum Gasteiger partial charge on any atom is 0.338 e. The zero-order chi connectivity index (χ0) is 31.4. The Morgan fingerprint density at radius 2 is 1.70 bits per heavy atom. The molecule has 11 heteroatoms. The molecular formula is C33H31ClN2O7S. The lowest BCUT2D eigenvalue weighted by Crippen LogP contribution is -2.40. The summed E-state index contributed by atoms with van der Waals surface area (Å²) in [4.78, 5) is 32.4. The fourth-order valence-electron chi connectivity index (χ4n) is 4.93. The number of ether oxygens (including phenoxy) is 5. The van der Waals surface area contributed by atoms with E-state index in [1.807, 2.05) is 30.3 Å². The molecule has 0 bridgehead atoms. The molecule has 4 aromatic rings. The average Bonchev–Trinajstić information content (AvgIpc) is 3.33. The van der Waals surface area contributed by atoms with Gasteiger partial charge in [-0.1, -0.05) is 41.1 Å². The Morgan fingerprint density at radius 1 is 0.977 bits per heavy atom. The van der Waals surface area contributed by atoms with E-state index in [1.165, 1.54) is 23.0 Å². The predicted molar refractivity (Wildman–Crippen MR) is 169 cm³/mol. The number of carbonyl (C=O) groups excluding carboxylic acids is 1. The van der Waals surface area contributed by atoms with Gasteiger partial charge in [0.25, 0.3) is 5.56 Å². The molecule has 0 saturated heterocycles. The van der Waals surface area contributed by atoms with Crippen LogP contribution in [0.5, 0.6) is 23.0 Å². The van der Waals surface area contributed by atoms with E-state index in [4.69, 9.17) is 35.3 Å². The number of fused-ring (bicyclic) bond motifs is 1. The molecule has 1 aliphatic rings. The van der Waals surface area contributed by atoms with Crippen molar-refractivity contribution in [1.82, 2.24) is 4.57 Å². The number of allylic oxidation sites excluding steroid dienone is 1. The van der Waals surface area contributed by atoms with E-state index < -0.39 is 12.0 Å². The molecular weight excluding hydrogens is 604 g/mol. The Balaban J connectivity index is 1.59. The molecule has 5 rings (SSSR count). The molecule has 0 saturated carbocycles. The summed E-state index contributed by atoms with van der Waals surface area (Å²) in [6.45, 7) is 3.97. The van der Waals surface area contributed by atoms with Gasteiger partial charge in [-0.2, -0.15) is 0 Å². The van der Waals surface area contributed by atoms with Crippen molar-refractivity contribution in [3.05, 3.63) is 113 Å². The zero-order valence-electron chi connectivity index (χ0n) is 24.9. The molecule has 1 atom stereocenters. The molecule has 0 N–H and O–H groups in total. The molecule has 0 fully saturated rings. The lowest BCUT2D eigenvalue weighted by Gasteiger charge is -2.26.